The van der Waals surface area contributed by atoms with Gasteiger partial charge in [-0.2, -0.15) is 5.10 Å². The highest BCUT2D eigenvalue weighted by Gasteiger charge is 2.13. The summed E-state index contributed by atoms with van der Waals surface area (Å²) in [5, 5.41) is 9.80. The van der Waals surface area contributed by atoms with Crippen molar-refractivity contribution in [3.63, 3.8) is 0 Å². The van der Waals surface area contributed by atoms with Crippen molar-refractivity contribution in [1.82, 2.24) is 15.5 Å². The third-order valence-electron chi connectivity index (χ3n) is 3.17. The Balaban J connectivity index is 2.04. The Morgan fingerprint density at radius 2 is 2.05 bits per heavy atom. The summed E-state index contributed by atoms with van der Waals surface area (Å²) in [5.41, 5.74) is 3.70. The number of carbonyl (C=O) groups excluding carboxylic acids is 1. The van der Waals surface area contributed by atoms with Gasteiger partial charge in [0.05, 0.1) is 6.04 Å². The molecule has 19 heavy (non-hydrogen) atoms. The van der Waals surface area contributed by atoms with Crippen LogP contribution in [0.1, 0.15) is 47.2 Å². The smallest absolute Gasteiger partial charge is 0.272 e. The maximum absolute atomic E-state index is 12.0. The van der Waals surface area contributed by atoms with Gasteiger partial charge in [0.25, 0.3) is 5.91 Å². The molecule has 0 aliphatic heterocycles. The van der Waals surface area contributed by atoms with Crippen LogP contribution in [0.4, 0.5) is 0 Å². The van der Waals surface area contributed by atoms with Crippen LogP contribution in [0, 0.1) is 6.92 Å². The molecule has 100 valence electrons. The van der Waals surface area contributed by atoms with E-state index < -0.39 is 0 Å². The van der Waals surface area contributed by atoms with Crippen LogP contribution in [-0.4, -0.2) is 16.1 Å². The zero-order valence-corrected chi connectivity index (χ0v) is 11.5. The van der Waals surface area contributed by atoms with Gasteiger partial charge < -0.3 is 5.32 Å². The lowest BCUT2D eigenvalue weighted by molar-refractivity contribution is 0.0935. The van der Waals surface area contributed by atoms with Crippen LogP contribution in [-0.2, 0) is 6.42 Å². The number of aromatic nitrogens is 2. The average molecular weight is 257 g/mol. The molecule has 0 saturated carbocycles. The van der Waals surface area contributed by atoms with Gasteiger partial charge in [-0.1, -0.05) is 36.8 Å². The number of benzene rings is 1. The second-order valence-corrected chi connectivity index (χ2v) is 4.74. The van der Waals surface area contributed by atoms with Crippen LogP contribution in [0.3, 0.4) is 0 Å². The van der Waals surface area contributed by atoms with Crippen molar-refractivity contribution in [1.29, 1.82) is 0 Å². The molecule has 1 atom stereocenters. The molecule has 0 spiro atoms. The van der Waals surface area contributed by atoms with E-state index in [0.29, 0.717) is 5.69 Å². The Morgan fingerprint density at radius 3 is 2.63 bits per heavy atom. The Kier molecular flexibility index (Phi) is 4.00. The van der Waals surface area contributed by atoms with Gasteiger partial charge in [0, 0.05) is 5.69 Å². The number of amides is 1. The second kappa shape index (κ2) is 5.69. The molecule has 0 bridgehead atoms. The molecule has 0 aliphatic carbocycles. The number of aryl methyl sites for hydroxylation is 2. The van der Waals surface area contributed by atoms with Gasteiger partial charge in [0.15, 0.2) is 0 Å². The van der Waals surface area contributed by atoms with Gasteiger partial charge >= 0.3 is 0 Å². The van der Waals surface area contributed by atoms with E-state index in [1.165, 1.54) is 5.56 Å². The number of rotatable bonds is 4. The van der Waals surface area contributed by atoms with Crippen molar-refractivity contribution < 1.29 is 4.79 Å². The molecule has 2 aromatic rings. The van der Waals surface area contributed by atoms with Crippen molar-refractivity contribution >= 4 is 5.91 Å². The summed E-state index contributed by atoms with van der Waals surface area (Å²) in [5.74, 6) is -0.149. The SMILES string of the molecule is CCc1cc(C(=O)NC(C)c2ccc(C)cc2)n[nH]1. The number of nitrogens with zero attached hydrogens (tertiary/aromatic N) is 1. The van der Waals surface area contributed by atoms with Gasteiger partial charge in [-0.3, -0.25) is 9.89 Å². The monoisotopic (exact) mass is 257 g/mol. The average Bonchev–Trinajstić information content (AvgIpc) is 2.88. The summed E-state index contributed by atoms with van der Waals surface area (Å²) < 4.78 is 0. The molecular formula is C15H19N3O. The molecule has 0 saturated heterocycles. The van der Waals surface area contributed by atoms with Crippen LogP contribution in [0.25, 0.3) is 0 Å². The Morgan fingerprint density at radius 1 is 1.37 bits per heavy atom. The number of hydrogen-bond donors (Lipinski definition) is 2. The summed E-state index contributed by atoms with van der Waals surface area (Å²) in [7, 11) is 0. The fourth-order valence-corrected chi connectivity index (χ4v) is 1.87. The van der Waals surface area contributed by atoms with E-state index in [4.69, 9.17) is 0 Å². The summed E-state index contributed by atoms with van der Waals surface area (Å²) in [6.07, 6.45) is 0.841. The molecule has 1 aromatic carbocycles. The van der Waals surface area contributed by atoms with Crippen LogP contribution in [0.2, 0.25) is 0 Å². The fraction of sp³-hybridized carbons (Fsp3) is 0.333. The van der Waals surface area contributed by atoms with E-state index in [-0.39, 0.29) is 11.9 Å². The molecule has 1 aromatic heterocycles. The first kappa shape index (κ1) is 13.3. The van der Waals surface area contributed by atoms with Crippen LogP contribution in [0.5, 0.6) is 0 Å². The van der Waals surface area contributed by atoms with Crippen molar-refractivity contribution in [3.05, 3.63) is 52.8 Å². The van der Waals surface area contributed by atoms with Crippen LogP contribution < -0.4 is 5.32 Å². The third kappa shape index (κ3) is 3.22. The van der Waals surface area contributed by atoms with E-state index >= 15 is 0 Å². The van der Waals surface area contributed by atoms with Gasteiger partial charge in [-0.15, -0.1) is 0 Å². The Bertz CT molecular complexity index is 557. The molecule has 4 heteroatoms. The van der Waals surface area contributed by atoms with E-state index in [1.54, 1.807) is 6.07 Å². The zero-order chi connectivity index (χ0) is 13.8. The highest BCUT2D eigenvalue weighted by Crippen LogP contribution is 2.13. The standard InChI is InChI=1S/C15H19N3O/c1-4-13-9-14(18-17-13)15(19)16-11(3)12-7-5-10(2)6-8-12/h5-9,11H,4H2,1-3H3,(H,16,19)(H,17,18). The maximum atomic E-state index is 12.0. The van der Waals surface area contributed by atoms with Crippen molar-refractivity contribution in [3.8, 4) is 0 Å². The van der Waals surface area contributed by atoms with E-state index in [1.807, 2.05) is 45.0 Å². The fourth-order valence-electron chi connectivity index (χ4n) is 1.87. The van der Waals surface area contributed by atoms with Crippen molar-refractivity contribution in [2.75, 3.05) is 0 Å². The van der Waals surface area contributed by atoms with Crippen molar-refractivity contribution in [2.24, 2.45) is 0 Å². The quantitative estimate of drug-likeness (QED) is 0.884. The summed E-state index contributed by atoms with van der Waals surface area (Å²) in [6, 6.07) is 9.90. The lowest BCUT2D eigenvalue weighted by Gasteiger charge is -2.13. The van der Waals surface area contributed by atoms with Gasteiger partial charge in [0.2, 0.25) is 0 Å². The largest absolute Gasteiger partial charge is 0.344 e. The minimum absolute atomic E-state index is 0.0325. The maximum Gasteiger partial charge on any atom is 0.272 e. The molecule has 1 amide bonds. The first-order valence-corrected chi connectivity index (χ1v) is 6.52. The zero-order valence-electron chi connectivity index (χ0n) is 11.5. The lowest BCUT2D eigenvalue weighted by atomic mass is 10.1. The Labute approximate surface area is 113 Å². The minimum atomic E-state index is -0.149. The highest BCUT2D eigenvalue weighted by atomic mass is 16.2. The molecule has 0 radical (unpaired) electrons. The van der Waals surface area contributed by atoms with Gasteiger partial charge in [-0.05, 0) is 31.9 Å². The highest BCUT2D eigenvalue weighted by molar-refractivity contribution is 5.92. The first-order valence-electron chi connectivity index (χ1n) is 6.52. The summed E-state index contributed by atoms with van der Waals surface area (Å²) in [4.78, 5) is 12.0. The predicted octanol–water partition coefficient (Wildman–Crippen LogP) is 2.77. The van der Waals surface area contributed by atoms with Crippen molar-refractivity contribution in [2.45, 2.75) is 33.2 Å². The van der Waals surface area contributed by atoms with Crippen LogP contribution >= 0.6 is 0 Å². The van der Waals surface area contributed by atoms with Gasteiger partial charge in [-0.25, -0.2) is 0 Å². The molecule has 2 rings (SSSR count). The predicted molar refractivity (Wildman–Crippen MR) is 75.0 cm³/mol. The topological polar surface area (TPSA) is 57.8 Å². The first-order chi connectivity index (χ1) is 9.10. The van der Waals surface area contributed by atoms with Crippen LogP contribution in [0.15, 0.2) is 30.3 Å². The number of H-pyrrole nitrogens is 1. The molecule has 0 fully saturated rings. The van der Waals surface area contributed by atoms with Gasteiger partial charge in [0.1, 0.15) is 5.69 Å². The minimum Gasteiger partial charge on any atom is -0.344 e. The number of aromatic amines is 1. The second-order valence-electron chi connectivity index (χ2n) is 4.74. The number of nitrogens with one attached hydrogen (secondary N) is 2. The van der Waals surface area contributed by atoms with E-state index in [9.17, 15) is 4.79 Å². The summed E-state index contributed by atoms with van der Waals surface area (Å²) >= 11 is 0. The molecule has 0 aliphatic rings. The normalized spacial score (nSPS) is 12.2. The third-order valence-corrected chi connectivity index (χ3v) is 3.17. The summed E-state index contributed by atoms with van der Waals surface area (Å²) in [6.45, 7) is 6.03. The Hall–Kier alpha value is -2.10. The molecule has 4 nitrogen and oxygen atoms in total. The van der Waals surface area contributed by atoms with E-state index in [2.05, 4.69) is 15.5 Å². The lowest BCUT2D eigenvalue weighted by Crippen LogP contribution is -2.26. The molecular weight excluding hydrogens is 238 g/mol. The molecule has 2 N–H and O–H groups in total. The number of hydrogen-bond acceptors (Lipinski definition) is 2. The molecule has 1 heterocycles. The number of carbonyl (C=O) groups is 1. The van der Waals surface area contributed by atoms with E-state index in [0.717, 1.165) is 17.7 Å². The molecule has 1 unspecified atom stereocenters.